The fraction of sp³-hybridized carbons (Fsp3) is 0.231. The number of fused-ring (bicyclic) bond motifs is 2. The maximum absolute atomic E-state index is 13.3. The summed E-state index contributed by atoms with van der Waals surface area (Å²) < 4.78 is 0. The van der Waals surface area contributed by atoms with Crippen LogP contribution in [-0.2, 0) is 11.2 Å². The lowest BCUT2D eigenvalue weighted by molar-refractivity contribution is -0.133. The predicted molar refractivity (Wildman–Crippen MR) is 140 cm³/mol. The van der Waals surface area contributed by atoms with Crippen LogP contribution in [-0.4, -0.2) is 53.8 Å². The van der Waals surface area contributed by atoms with E-state index >= 15 is 0 Å². The van der Waals surface area contributed by atoms with Gasteiger partial charge in [0.05, 0.1) is 5.69 Å². The van der Waals surface area contributed by atoms with Crippen LogP contribution in [0.25, 0.3) is 0 Å². The summed E-state index contributed by atoms with van der Waals surface area (Å²) >= 11 is 1.58. The summed E-state index contributed by atoms with van der Waals surface area (Å²) in [5.74, 6) is 6.11. The monoisotopic (exact) mass is 499 g/mol. The molecule has 2 heterocycles. The molecule has 3 aromatic carbocycles. The zero-order valence-electron chi connectivity index (χ0n) is 19.5. The van der Waals surface area contributed by atoms with Crippen molar-refractivity contribution in [2.24, 2.45) is 26.3 Å². The second kappa shape index (κ2) is 10.7. The third-order valence-corrected chi connectivity index (χ3v) is 7.40. The van der Waals surface area contributed by atoms with Gasteiger partial charge in [0, 0.05) is 48.0 Å². The van der Waals surface area contributed by atoms with Crippen LogP contribution in [0.3, 0.4) is 0 Å². The van der Waals surface area contributed by atoms with Crippen molar-refractivity contribution in [3.8, 4) is 0 Å². The van der Waals surface area contributed by atoms with E-state index in [1.54, 1.807) is 23.9 Å². The Balaban J connectivity index is 1.35. The molecule has 1 unspecified atom stereocenters. The number of rotatable bonds is 5. The van der Waals surface area contributed by atoms with Crippen molar-refractivity contribution in [2.45, 2.75) is 22.3 Å². The standard InChI is InChI=1S/C26H25N7O2S/c27-31-29-22(16-18-6-2-1-3-7-18)26(34)33-14-12-32(13-15-33)25-20-8-4-5-9-23(20)36-24-17-19(30-35)10-11-21(24)28-25/h1-11,17,22H,12-16H2,(H2,27,29). The van der Waals surface area contributed by atoms with Crippen molar-refractivity contribution < 1.29 is 4.79 Å². The van der Waals surface area contributed by atoms with Gasteiger partial charge in [-0.3, -0.25) is 4.79 Å². The number of benzene rings is 3. The molecule has 0 bridgehead atoms. The number of amides is 1. The average molecular weight is 500 g/mol. The topological polar surface area (TPSA) is 116 Å². The zero-order chi connectivity index (χ0) is 24.9. The van der Waals surface area contributed by atoms with Crippen LogP contribution < -0.4 is 5.84 Å². The molecule has 10 heteroatoms. The first-order valence-corrected chi connectivity index (χ1v) is 12.5. The summed E-state index contributed by atoms with van der Waals surface area (Å²) in [4.78, 5) is 35.3. The summed E-state index contributed by atoms with van der Waals surface area (Å²) in [7, 11) is 0. The van der Waals surface area contributed by atoms with Crippen molar-refractivity contribution in [1.29, 1.82) is 0 Å². The maximum Gasteiger partial charge on any atom is 0.249 e. The Bertz CT molecular complexity index is 1320. The molecule has 2 N–H and O–H groups in total. The molecule has 0 spiro atoms. The number of hydrogen-bond acceptors (Lipinski definition) is 8. The van der Waals surface area contributed by atoms with E-state index in [0.29, 0.717) is 38.3 Å². The highest BCUT2D eigenvalue weighted by atomic mass is 32.2. The second-order valence-electron chi connectivity index (χ2n) is 8.53. The molecule has 0 saturated carbocycles. The fourth-order valence-electron chi connectivity index (χ4n) is 4.45. The van der Waals surface area contributed by atoms with Crippen molar-refractivity contribution >= 4 is 34.9 Å². The number of aliphatic imine (C=N–C) groups is 1. The zero-order valence-corrected chi connectivity index (χ0v) is 20.3. The van der Waals surface area contributed by atoms with Crippen LogP contribution in [0.15, 0.2) is 103 Å². The van der Waals surface area contributed by atoms with Gasteiger partial charge in [0.15, 0.2) is 6.04 Å². The fourth-order valence-corrected chi connectivity index (χ4v) is 5.50. The maximum atomic E-state index is 13.3. The molecule has 0 aliphatic carbocycles. The lowest BCUT2D eigenvalue weighted by Crippen LogP contribution is -2.53. The molecule has 5 rings (SSSR count). The largest absolute Gasteiger partial charge is 0.353 e. The third-order valence-electron chi connectivity index (χ3n) is 6.28. The molecule has 1 amide bonds. The molecule has 1 atom stereocenters. The molecule has 182 valence electrons. The van der Waals surface area contributed by atoms with Gasteiger partial charge in [0.25, 0.3) is 0 Å². The predicted octanol–water partition coefficient (Wildman–Crippen LogP) is 4.71. The van der Waals surface area contributed by atoms with E-state index < -0.39 is 6.04 Å². The van der Waals surface area contributed by atoms with E-state index in [2.05, 4.69) is 32.5 Å². The molecule has 0 aromatic heterocycles. The van der Waals surface area contributed by atoms with Gasteiger partial charge in [-0.15, -0.1) is 4.91 Å². The third kappa shape index (κ3) is 4.99. The van der Waals surface area contributed by atoms with Gasteiger partial charge in [-0.1, -0.05) is 65.5 Å². The SMILES string of the molecule is NN=NC(Cc1ccccc1)C(=O)N1CCN(C2=Nc3ccc(N=O)cc3Sc3ccccc32)CC1. The van der Waals surface area contributed by atoms with E-state index in [-0.39, 0.29) is 5.91 Å². The van der Waals surface area contributed by atoms with Gasteiger partial charge >= 0.3 is 0 Å². The molecule has 0 radical (unpaired) electrons. The van der Waals surface area contributed by atoms with E-state index in [1.165, 1.54) is 0 Å². The lowest BCUT2D eigenvalue weighted by atomic mass is 10.0. The molecule has 36 heavy (non-hydrogen) atoms. The van der Waals surface area contributed by atoms with Gasteiger partial charge in [0.2, 0.25) is 5.91 Å². The molecule has 2 aliphatic rings. The Kier molecular flexibility index (Phi) is 7.03. The first-order chi connectivity index (χ1) is 17.7. The van der Waals surface area contributed by atoms with E-state index in [9.17, 15) is 9.70 Å². The Morgan fingerprint density at radius 3 is 2.47 bits per heavy atom. The van der Waals surface area contributed by atoms with Crippen molar-refractivity contribution in [3.63, 3.8) is 0 Å². The van der Waals surface area contributed by atoms with Crippen LogP contribution in [0.2, 0.25) is 0 Å². The van der Waals surface area contributed by atoms with Gasteiger partial charge in [-0.25, -0.2) is 4.99 Å². The minimum atomic E-state index is -0.649. The highest BCUT2D eigenvalue weighted by molar-refractivity contribution is 7.99. The van der Waals surface area contributed by atoms with Gasteiger partial charge in [-0.2, -0.15) is 5.11 Å². The van der Waals surface area contributed by atoms with Crippen LogP contribution >= 0.6 is 11.8 Å². The Morgan fingerprint density at radius 2 is 1.72 bits per heavy atom. The average Bonchev–Trinajstić information content (AvgIpc) is 3.09. The van der Waals surface area contributed by atoms with E-state index in [4.69, 9.17) is 10.8 Å². The Labute approximate surface area is 213 Å². The summed E-state index contributed by atoms with van der Waals surface area (Å²) in [6.45, 7) is 2.34. The molecule has 3 aromatic rings. The van der Waals surface area contributed by atoms with Crippen LogP contribution in [0.4, 0.5) is 11.4 Å². The first-order valence-electron chi connectivity index (χ1n) is 11.7. The number of amidine groups is 1. The smallest absolute Gasteiger partial charge is 0.249 e. The summed E-state index contributed by atoms with van der Waals surface area (Å²) in [6, 6.07) is 22.5. The number of piperazine rings is 1. The summed E-state index contributed by atoms with van der Waals surface area (Å²) in [5.41, 5.74) is 3.21. The number of nitroso groups, excluding NO2 is 1. The number of hydrogen-bond donors (Lipinski definition) is 1. The Morgan fingerprint density at radius 1 is 0.972 bits per heavy atom. The van der Waals surface area contributed by atoms with E-state index in [0.717, 1.165) is 32.4 Å². The molecule has 1 fully saturated rings. The summed E-state index contributed by atoms with van der Waals surface area (Å²) in [5, 5.41) is 10.5. The number of carbonyl (C=O) groups excluding carboxylic acids is 1. The van der Waals surface area contributed by atoms with Crippen molar-refractivity contribution in [1.82, 2.24) is 9.80 Å². The second-order valence-corrected chi connectivity index (χ2v) is 9.61. The summed E-state index contributed by atoms with van der Waals surface area (Å²) in [6.07, 6.45) is 0.451. The van der Waals surface area contributed by atoms with Crippen LogP contribution in [0.5, 0.6) is 0 Å². The molecule has 1 saturated heterocycles. The minimum Gasteiger partial charge on any atom is -0.353 e. The van der Waals surface area contributed by atoms with Gasteiger partial charge in [-0.05, 0) is 35.0 Å². The highest BCUT2D eigenvalue weighted by Crippen LogP contribution is 2.42. The lowest BCUT2D eigenvalue weighted by Gasteiger charge is -2.37. The number of nitrogens with two attached hydrogens (primary N) is 1. The normalized spacial score (nSPS) is 16.1. The van der Waals surface area contributed by atoms with Crippen molar-refractivity contribution in [2.75, 3.05) is 26.2 Å². The molecule has 2 aliphatic heterocycles. The van der Waals surface area contributed by atoms with Crippen LogP contribution in [0.1, 0.15) is 11.1 Å². The number of carbonyl (C=O) groups is 1. The highest BCUT2D eigenvalue weighted by Gasteiger charge is 2.30. The molecular weight excluding hydrogens is 474 g/mol. The quantitative estimate of drug-likeness (QED) is 0.236. The number of nitrogens with zero attached hydrogens (tertiary/aromatic N) is 6. The van der Waals surface area contributed by atoms with Gasteiger partial charge < -0.3 is 15.6 Å². The van der Waals surface area contributed by atoms with E-state index in [1.807, 2.05) is 53.4 Å². The molecular formula is C26H25N7O2S. The minimum absolute atomic E-state index is 0.0781. The van der Waals surface area contributed by atoms with Crippen LogP contribution in [0, 0.1) is 4.91 Å². The van der Waals surface area contributed by atoms with Crippen molar-refractivity contribution in [3.05, 3.63) is 88.8 Å². The first kappa shape index (κ1) is 23.7. The molecule has 9 nitrogen and oxygen atoms in total. The Hall–Kier alpha value is -4.05. The van der Waals surface area contributed by atoms with Gasteiger partial charge in [0.1, 0.15) is 11.5 Å².